The number of benzene rings is 1. The van der Waals surface area contributed by atoms with Crippen molar-refractivity contribution in [2.24, 2.45) is 0 Å². The van der Waals surface area contributed by atoms with Crippen LogP contribution in [0, 0.1) is 10.1 Å². The molecular weight excluding hydrogens is 281 g/mol. The molecule has 0 bridgehead atoms. The maximum atomic E-state index is 12.0. The van der Waals surface area contributed by atoms with Crippen molar-refractivity contribution in [2.45, 2.75) is 6.54 Å². The van der Waals surface area contributed by atoms with Crippen LogP contribution in [0.25, 0.3) is 10.9 Å². The number of aryl methyl sites for hydroxylation is 1. The number of halogens is 2. The second-order valence-electron chi connectivity index (χ2n) is 3.51. The summed E-state index contributed by atoms with van der Waals surface area (Å²) in [7, 11) is 0. The molecule has 6 nitrogen and oxygen atoms in total. The van der Waals surface area contributed by atoms with E-state index in [1.54, 1.807) is 0 Å². The molecule has 0 aliphatic rings. The predicted molar refractivity (Wildman–Crippen MR) is 68.4 cm³/mol. The van der Waals surface area contributed by atoms with Crippen LogP contribution in [-0.2, 0) is 6.54 Å². The van der Waals surface area contributed by atoms with Crippen LogP contribution >= 0.6 is 23.2 Å². The number of rotatable bonds is 3. The smallest absolute Gasteiger partial charge is 0.288 e. The Balaban J connectivity index is 2.76. The van der Waals surface area contributed by atoms with Gasteiger partial charge in [-0.2, -0.15) is 0 Å². The van der Waals surface area contributed by atoms with Gasteiger partial charge in [0, 0.05) is 18.5 Å². The fraction of sp³-hybridized carbons (Fsp3) is 0.200. The van der Waals surface area contributed by atoms with Crippen molar-refractivity contribution in [3.63, 3.8) is 0 Å². The molecule has 0 unspecified atom stereocenters. The minimum atomic E-state index is -0.639. The molecule has 2 rings (SSSR count). The Morgan fingerprint density at radius 2 is 2.17 bits per heavy atom. The molecule has 0 aliphatic heterocycles. The third-order valence-electron chi connectivity index (χ3n) is 2.41. The number of aromatic nitrogens is 2. The highest BCUT2D eigenvalue weighted by molar-refractivity contribution is 6.33. The van der Waals surface area contributed by atoms with Gasteiger partial charge in [0.1, 0.15) is 5.02 Å². The Kier molecular flexibility index (Phi) is 3.49. The normalized spacial score (nSPS) is 10.8. The maximum Gasteiger partial charge on any atom is 0.288 e. The lowest BCUT2D eigenvalue weighted by molar-refractivity contribution is -0.384. The van der Waals surface area contributed by atoms with Gasteiger partial charge >= 0.3 is 0 Å². The average Bonchev–Trinajstić information content (AvgIpc) is 2.32. The zero-order valence-corrected chi connectivity index (χ0v) is 10.5. The van der Waals surface area contributed by atoms with Gasteiger partial charge < -0.3 is 0 Å². The van der Waals surface area contributed by atoms with E-state index in [1.165, 1.54) is 17.0 Å². The molecule has 0 amide bonds. The topological polar surface area (TPSA) is 78.0 Å². The molecule has 1 aromatic heterocycles. The highest BCUT2D eigenvalue weighted by atomic mass is 35.5. The molecule has 0 saturated carbocycles. The van der Waals surface area contributed by atoms with E-state index in [-0.39, 0.29) is 27.5 Å². The first-order chi connectivity index (χ1) is 8.54. The average molecular weight is 288 g/mol. The first kappa shape index (κ1) is 12.8. The lowest BCUT2D eigenvalue weighted by Crippen LogP contribution is -2.21. The lowest BCUT2D eigenvalue weighted by Gasteiger charge is -2.04. The number of alkyl halides is 1. The Bertz CT molecular complexity index is 684. The molecule has 18 heavy (non-hydrogen) atoms. The molecule has 1 heterocycles. The van der Waals surface area contributed by atoms with Gasteiger partial charge in [-0.15, -0.1) is 11.6 Å². The highest BCUT2D eigenvalue weighted by Crippen LogP contribution is 2.27. The van der Waals surface area contributed by atoms with Crippen molar-refractivity contribution >= 4 is 39.8 Å². The summed E-state index contributed by atoms with van der Waals surface area (Å²) in [5.41, 5.74) is -0.367. The fourth-order valence-electron chi connectivity index (χ4n) is 1.56. The summed E-state index contributed by atoms with van der Waals surface area (Å²) in [4.78, 5) is 26.1. The SMILES string of the molecule is O=c1c2cc([N+](=O)[O-])c(Cl)cc2ncn1CCCl. The Labute approximate surface area is 111 Å². The number of fused-ring (bicyclic) bond motifs is 1. The summed E-state index contributed by atoms with van der Waals surface area (Å²) in [6.45, 7) is 0.291. The number of hydrogen-bond acceptors (Lipinski definition) is 4. The van der Waals surface area contributed by atoms with Crippen molar-refractivity contribution in [3.8, 4) is 0 Å². The third-order valence-corrected chi connectivity index (χ3v) is 2.89. The monoisotopic (exact) mass is 287 g/mol. The van der Waals surface area contributed by atoms with E-state index in [2.05, 4.69) is 4.98 Å². The molecule has 0 aliphatic carbocycles. The minimum Gasteiger partial charge on any atom is -0.298 e. The van der Waals surface area contributed by atoms with Crippen LogP contribution in [0.5, 0.6) is 0 Å². The Hall–Kier alpha value is -1.66. The molecule has 94 valence electrons. The first-order valence-corrected chi connectivity index (χ1v) is 5.85. The van der Waals surface area contributed by atoms with Gasteiger partial charge in [-0.1, -0.05) is 11.6 Å². The van der Waals surface area contributed by atoms with Gasteiger partial charge in [-0.3, -0.25) is 19.5 Å². The van der Waals surface area contributed by atoms with Gasteiger partial charge in [0.2, 0.25) is 0 Å². The lowest BCUT2D eigenvalue weighted by atomic mass is 10.2. The van der Waals surface area contributed by atoms with Crippen molar-refractivity contribution in [3.05, 3.63) is 44.0 Å². The van der Waals surface area contributed by atoms with E-state index in [9.17, 15) is 14.9 Å². The van der Waals surface area contributed by atoms with Crippen LogP contribution in [0.1, 0.15) is 0 Å². The summed E-state index contributed by atoms with van der Waals surface area (Å²) in [5, 5.41) is 10.9. The first-order valence-electron chi connectivity index (χ1n) is 4.93. The Morgan fingerprint density at radius 1 is 1.44 bits per heavy atom. The quantitative estimate of drug-likeness (QED) is 0.492. The van der Waals surface area contributed by atoms with E-state index in [0.29, 0.717) is 12.1 Å². The van der Waals surface area contributed by atoms with E-state index in [1.807, 2.05) is 0 Å². The van der Waals surface area contributed by atoms with Gasteiger partial charge in [-0.05, 0) is 6.07 Å². The van der Waals surface area contributed by atoms with Crippen molar-refractivity contribution in [1.82, 2.24) is 9.55 Å². The highest BCUT2D eigenvalue weighted by Gasteiger charge is 2.16. The van der Waals surface area contributed by atoms with Gasteiger partial charge in [0.25, 0.3) is 11.2 Å². The third kappa shape index (κ3) is 2.16. The second-order valence-corrected chi connectivity index (χ2v) is 4.30. The molecule has 1 aromatic carbocycles. The summed E-state index contributed by atoms with van der Waals surface area (Å²) in [6, 6.07) is 2.44. The second kappa shape index (κ2) is 4.91. The standard InChI is InChI=1S/C10H7Cl2N3O3/c11-1-2-14-5-13-8-4-7(12)9(15(17)18)3-6(8)10(14)16/h3-5H,1-2H2. The van der Waals surface area contributed by atoms with Crippen molar-refractivity contribution < 1.29 is 4.92 Å². The molecule has 0 atom stereocenters. The molecular formula is C10H7Cl2N3O3. The van der Waals surface area contributed by atoms with Crippen LogP contribution in [-0.4, -0.2) is 20.4 Å². The van der Waals surface area contributed by atoms with E-state index in [0.717, 1.165) is 6.07 Å². The molecule has 2 aromatic rings. The summed E-state index contributed by atoms with van der Waals surface area (Å²) < 4.78 is 1.30. The van der Waals surface area contributed by atoms with Crippen LogP contribution in [0.4, 0.5) is 5.69 Å². The zero-order chi connectivity index (χ0) is 13.3. The molecule has 0 radical (unpaired) electrons. The van der Waals surface area contributed by atoms with E-state index >= 15 is 0 Å². The Morgan fingerprint density at radius 3 is 2.78 bits per heavy atom. The van der Waals surface area contributed by atoms with Gasteiger partial charge in [0.15, 0.2) is 0 Å². The number of hydrogen-bond donors (Lipinski definition) is 0. The number of nitro benzene ring substituents is 1. The maximum absolute atomic E-state index is 12.0. The number of nitro groups is 1. The van der Waals surface area contributed by atoms with Crippen LogP contribution < -0.4 is 5.56 Å². The largest absolute Gasteiger partial charge is 0.298 e. The van der Waals surface area contributed by atoms with Crippen molar-refractivity contribution in [1.29, 1.82) is 0 Å². The zero-order valence-electron chi connectivity index (χ0n) is 8.97. The van der Waals surface area contributed by atoms with Crippen LogP contribution in [0.3, 0.4) is 0 Å². The fourth-order valence-corrected chi connectivity index (χ4v) is 1.97. The molecule has 0 fully saturated rings. The predicted octanol–water partition coefficient (Wildman–Crippen LogP) is 2.20. The van der Waals surface area contributed by atoms with Gasteiger partial charge in [-0.25, -0.2) is 4.98 Å². The summed E-state index contributed by atoms with van der Waals surface area (Å²) >= 11 is 11.3. The molecule has 8 heteroatoms. The van der Waals surface area contributed by atoms with Crippen LogP contribution in [0.2, 0.25) is 5.02 Å². The van der Waals surface area contributed by atoms with Crippen molar-refractivity contribution in [2.75, 3.05) is 5.88 Å². The molecule has 0 saturated heterocycles. The molecule has 0 N–H and O–H groups in total. The van der Waals surface area contributed by atoms with Gasteiger partial charge in [0.05, 0.1) is 22.2 Å². The van der Waals surface area contributed by atoms with E-state index in [4.69, 9.17) is 23.2 Å². The molecule has 0 spiro atoms. The van der Waals surface area contributed by atoms with Crippen LogP contribution in [0.15, 0.2) is 23.3 Å². The summed E-state index contributed by atoms with van der Waals surface area (Å²) in [5.74, 6) is 0.253. The van der Waals surface area contributed by atoms with E-state index < -0.39 is 4.92 Å². The summed E-state index contributed by atoms with van der Waals surface area (Å²) in [6.07, 6.45) is 1.34. The number of nitrogens with zero attached hydrogens (tertiary/aromatic N) is 3. The minimum absolute atomic E-state index is 0.0468.